The molecule has 3 aromatic rings. The third-order valence-electron chi connectivity index (χ3n) is 3.40. The van der Waals surface area contributed by atoms with Crippen LogP contribution in [0.1, 0.15) is 5.01 Å². The third kappa shape index (κ3) is 3.62. The standard InChI is InChI=1S/C19H15N3OS/c1-23-17-9-7-16(8-10-17)21-12-15(11-20)19-22-18(13-24-19)14-5-3-2-4-6-14/h2-10,12-13,21H,1H3/b15-12+. The molecule has 0 bridgehead atoms. The number of hydrogen-bond acceptors (Lipinski definition) is 5. The van der Waals surface area contributed by atoms with Gasteiger partial charge >= 0.3 is 0 Å². The first-order valence-corrected chi connectivity index (χ1v) is 8.20. The number of nitrogens with zero attached hydrogens (tertiary/aromatic N) is 2. The summed E-state index contributed by atoms with van der Waals surface area (Å²) in [5, 5.41) is 15.2. The van der Waals surface area contributed by atoms with Crippen molar-refractivity contribution in [1.82, 2.24) is 4.98 Å². The number of rotatable bonds is 5. The molecule has 1 heterocycles. The Hall–Kier alpha value is -3.10. The van der Waals surface area contributed by atoms with Crippen molar-refractivity contribution in [2.24, 2.45) is 0 Å². The summed E-state index contributed by atoms with van der Waals surface area (Å²) in [5.74, 6) is 0.789. The summed E-state index contributed by atoms with van der Waals surface area (Å²) in [5.41, 5.74) is 3.29. The fourth-order valence-electron chi connectivity index (χ4n) is 2.12. The number of nitriles is 1. The lowest BCUT2D eigenvalue weighted by atomic mass is 10.2. The van der Waals surface area contributed by atoms with Crippen LogP contribution in [-0.2, 0) is 0 Å². The molecule has 0 atom stereocenters. The third-order valence-corrected chi connectivity index (χ3v) is 4.27. The molecule has 5 heteroatoms. The van der Waals surface area contributed by atoms with E-state index in [1.54, 1.807) is 13.3 Å². The number of hydrogen-bond donors (Lipinski definition) is 1. The van der Waals surface area contributed by atoms with Gasteiger partial charge in [0.25, 0.3) is 0 Å². The Labute approximate surface area is 144 Å². The Morgan fingerprint density at radius 2 is 1.92 bits per heavy atom. The number of anilines is 1. The zero-order chi connectivity index (χ0) is 16.8. The van der Waals surface area contributed by atoms with E-state index in [0.717, 1.165) is 22.7 Å². The summed E-state index contributed by atoms with van der Waals surface area (Å²) in [7, 11) is 1.63. The maximum absolute atomic E-state index is 9.41. The molecule has 0 saturated carbocycles. The molecule has 0 radical (unpaired) electrons. The predicted molar refractivity (Wildman–Crippen MR) is 97.8 cm³/mol. The van der Waals surface area contributed by atoms with Crippen molar-refractivity contribution in [1.29, 1.82) is 5.26 Å². The van der Waals surface area contributed by atoms with Crippen LogP contribution in [-0.4, -0.2) is 12.1 Å². The maximum atomic E-state index is 9.41. The molecular weight excluding hydrogens is 318 g/mol. The highest BCUT2D eigenvalue weighted by Crippen LogP contribution is 2.26. The summed E-state index contributed by atoms with van der Waals surface area (Å²) in [6.07, 6.45) is 1.68. The molecule has 0 amide bonds. The average molecular weight is 333 g/mol. The second-order valence-electron chi connectivity index (χ2n) is 4.95. The average Bonchev–Trinajstić information content (AvgIpc) is 3.13. The van der Waals surface area contributed by atoms with Crippen LogP contribution in [0.4, 0.5) is 5.69 Å². The smallest absolute Gasteiger partial charge is 0.136 e. The van der Waals surface area contributed by atoms with E-state index in [0.29, 0.717) is 10.6 Å². The molecule has 118 valence electrons. The lowest BCUT2D eigenvalue weighted by Crippen LogP contribution is -1.91. The summed E-state index contributed by atoms with van der Waals surface area (Å²) in [6, 6.07) is 19.6. The van der Waals surface area contributed by atoms with Gasteiger partial charge in [0.1, 0.15) is 22.4 Å². The minimum Gasteiger partial charge on any atom is -0.497 e. The molecular formula is C19H15N3OS. The SMILES string of the molecule is COc1ccc(N/C=C(\C#N)c2nc(-c3ccccc3)cs2)cc1. The Kier molecular flexibility index (Phi) is 4.90. The second kappa shape index (κ2) is 7.44. The fourth-order valence-corrected chi connectivity index (χ4v) is 2.92. The van der Waals surface area contributed by atoms with Crippen LogP contribution in [0.5, 0.6) is 5.75 Å². The summed E-state index contributed by atoms with van der Waals surface area (Å²) < 4.78 is 5.13. The first-order chi connectivity index (χ1) is 11.8. The zero-order valence-electron chi connectivity index (χ0n) is 13.1. The zero-order valence-corrected chi connectivity index (χ0v) is 13.9. The first kappa shape index (κ1) is 15.8. The monoisotopic (exact) mass is 333 g/mol. The van der Waals surface area contributed by atoms with Crippen LogP contribution >= 0.6 is 11.3 Å². The number of nitrogens with one attached hydrogen (secondary N) is 1. The Morgan fingerprint density at radius 3 is 2.58 bits per heavy atom. The van der Waals surface area contributed by atoms with Gasteiger partial charge in [0, 0.05) is 22.8 Å². The van der Waals surface area contributed by atoms with Crippen molar-refractivity contribution in [2.45, 2.75) is 0 Å². The Morgan fingerprint density at radius 1 is 1.17 bits per heavy atom. The van der Waals surface area contributed by atoms with Crippen molar-refractivity contribution >= 4 is 22.6 Å². The predicted octanol–water partition coefficient (Wildman–Crippen LogP) is 4.80. The molecule has 0 aliphatic heterocycles. The lowest BCUT2D eigenvalue weighted by molar-refractivity contribution is 0.415. The number of methoxy groups -OCH3 is 1. The molecule has 4 nitrogen and oxygen atoms in total. The van der Waals surface area contributed by atoms with E-state index < -0.39 is 0 Å². The summed E-state index contributed by atoms with van der Waals surface area (Å²) in [6.45, 7) is 0. The van der Waals surface area contributed by atoms with E-state index in [9.17, 15) is 5.26 Å². The van der Waals surface area contributed by atoms with Gasteiger partial charge in [-0.3, -0.25) is 0 Å². The summed E-state index contributed by atoms with van der Waals surface area (Å²) in [4.78, 5) is 4.56. The quantitative estimate of drug-likeness (QED) is 0.682. The number of thiazole rings is 1. The highest BCUT2D eigenvalue weighted by molar-refractivity contribution is 7.11. The fraction of sp³-hybridized carbons (Fsp3) is 0.0526. The molecule has 2 aromatic carbocycles. The minimum absolute atomic E-state index is 0.498. The van der Waals surface area contributed by atoms with Crippen molar-refractivity contribution in [3.05, 3.63) is 71.2 Å². The van der Waals surface area contributed by atoms with Gasteiger partial charge in [-0.2, -0.15) is 5.26 Å². The molecule has 1 N–H and O–H groups in total. The topological polar surface area (TPSA) is 57.9 Å². The van der Waals surface area contributed by atoms with Gasteiger partial charge in [0.05, 0.1) is 12.8 Å². The van der Waals surface area contributed by atoms with Gasteiger partial charge < -0.3 is 10.1 Å². The van der Waals surface area contributed by atoms with Crippen molar-refractivity contribution in [3.8, 4) is 23.1 Å². The number of allylic oxidation sites excluding steroid dienone is 1. The van der Waals surface area contributed by atoms with E-state index >= 15 is 0 Å². The summed E-state index contributed by atoms with van der Waals surface area (Å²) >= 11 is 1.46. The van der Waals surface area contributed by atoms with Gasteiger partial charge in [-0.25, -0.2) is 4.98 Å². The number of aromatic nitrogens is 1. The van der Waals surface area contributed by atoms with E-state index in [2.05, 4.69) is 16.4 Å². The van der Waals surface area contributed by atoms with Crippen LogP contribution in [0.25, 0.3) is 16.8 Å². The lowest BCUT2D eigenvalue weighted by Gasteiger charge is -2.03. The van der Waals surface area contributed by atoms with Crippen LogP contribution in [0.2, 0.25) is 0 Å². The molecule has 1 aromatic heterocycles. The largest absolute Gasteiger partial charge is 0.497 e. The van der Waals surface area contributed by atoms with E-state index in [4.69, 9.17) is 4.74 Å². The molecule has 0 fully saturated rings. The number of ether oxygens (including phenoxy) is 1. The van der Waals surface area contributed by atoms with Crippen LogP contribution in [0, 0.1) is 11.3 Å². The van der Waals surface area contributed by atoms with Gasteiger partial charge in [0.15, 0.2) is 0 Å². The Bertz CT molecular complexity index is 877. The molecule has 0 spiro atoms. The van der Waals surface area contributed by atoms with Crippen molar-refractivity contribution in [3.63, 3.8) is 0 Å². The van der Waals surface area contributed by atoms with Gasteiger partial charge in [0.2, 0.25) is 0 Å². The second-order valence-corrected chi connectivity index (χ2v) is 5.80. The van der Waals surface area contributed by atoms with Gasteiger partial charge in [-0.1, -0.05) is 30.3 Å². The highest BCUT2D eigenvalue weighted by atomic mass is 32.1. The number of benzene rings is 2. The maximum Gasteiger partial charge on any atom is 0.136 e. The van der Waals surface area contributed by atoms with Crippen molar-refractivity contribution in [2.75, 3.05) is 12.4 Å². The normalized spacial score (nSPS) is 10.9. The van der Waals surface area contributed by atoms with Crippen molar-refractivity contribution < 1.29 is 4.74 Å². The molecule has 0 unspecified atom stereocenters. The molecule has 0 saturated heterocycles. The first-order valence-electron chi connectivity index (χ1n) is 7.32. The van der Waals surface area contributed by atoms with Crippen LogP contribution in [0.3, 0.4) is 0 Å². The van der Waals surface area contributed by atoms with E-state index in [1.807, 2.05) is 60.0 Å². The molecule has 24 heavy (non-hydrogen) atoms. The van der Waals surface area contributed by atoms with E-state index in [-0.39, 0.29) is 0 Å². The molecule has 3 rings (SSSR count). The van der Waals surface area contributed by atoms with E-state index in [1.165, 1.54) is 11.3 Å². The van der Waals surface area contributed by atoms with Gasteiger partial charge in [-0.15, -0.1) is 11.3 Å². The minimum atomic E-state index is 0.498. The highest BCUT2D eigenvalue weighted by Gasteiger charge is 2.08. The molecule has 0 aliphatic rings. The Balaban J connectivity index is 1.78. The van der Waals surface area contributed by atoms with Crippen LogP contribution in [0.15, 0.2) is 66.2 Å². The van der Waals surface area contributed by atoms with Crippen LogP contribution < -0.4 is 10.1 Å². The van der Waals surface area contributed by atoms with Gasteiger partial charge in [-0.05, 0) is 24.3 Å². The molecule has 0 aliphatic carbocycles.